The van der Waals surface area contributed by atoms with Gasteiger partial charge in [-0.25, -0.2) is 9.18 Å². The highest BCUT2D eigenvalue weighted by Gasteiger charge is 2.29. The number of rotatable bonds is 6. The highest BCUT2D eigenvalue weighted by Crippen LogP contribution is 2.44. The molecule has 4 rings (SSSR count). The van der Waals surface area contributed by atoms with E-state index in [0.29, 0.717) is 0 Å². The Bertz CT molecular complexity index is 1050. The number of hydrogen-bond acceptors (Lipinski definition) is 4. The monoisotopic (exact) mass is 404 g/mol. The molecule has 1 amide bonds. The van der Waals surface area contributed by atoms with Crippen molar-refractivity contribution in [3.8, 4) is 11.1 Å². The minimum atomic E-state index is -1.51. The molecule has 30 heavy (non-hydrogen) atoms. The molecule has 1 aliphatic carbocycles. The molecule has 0 radical (unpaired) electrons. The molecule has 0 fully saturated rings. The number of carbonyl (C=O) groups is 2. The van der Waals surface area contributed by atoms with Gasteiger partial charge in [0.05, 0.1) is 12.0 Å². The normalized spacial score (nSPS) is 13.2. The number of ether oxygens (including phenoxy) is 1. The lowest BCUT2D eigenvalue weighted by Gasteiger charge is -2.21. The molecule has 3 aromatic carbocycles. The molecule has 1 N–H and O–H groups in total. The van der Waals surface area contributed by atoms with Crippen molar-refractivity contribution in [1.82, 2.24) is 5.32 Å². The fourth-order valence-corrected chi connectivity index (χ4v) is 3.86. The van der Waals surface area contributed by atoms with Gasteiger partial charge in [0.25, 0.3) is 0 Å². The lowest BCUT2D eigenvalue weighted by molar-refractivity contribution is -0.308. The molecule has 1 atom stereocenters. The first-order valence-electron chi connectivity index (χ1n) is 9.60. The Balaban J connectivity index is 1.44. The second-order valence-corrected chi connectivity index (χ2v) is 7.14. The standard InChI is InChI=1S/C24H20FNO4/c25-21-12-6-1-7-15(21)13-22(23(27)28)26-24(29)30-14-20-18-10-4-2-8-16(18)17-9-3-5-11-19(17)20/h1-12,20,22H,13-14H2,(H,26,29)(H,27,28)/p-1. The van der Waals surface area contributed by atoms with Crippen LogP contribution in [0.1, 0.15) is 22.6 Å². The van der Waals surface area contributed by atoms with E-state index in [4.69, 9.17) is 4.74 Å². The van der Waals surface area contributed by atoms with Gasteiger partial charge >= 0.3 is 6.09 Å². The van der Waals surface area contributed by atoms with Crippen LogP contribution in [0, 0.1) is 5.82 Å². The van der Waals surface area contributed by atoms with Crippen LogP contribution in [0.5, 0.6) is 0 Å². The highest BCUT2D eigenvalue weighted by molar-refractivity contribution is 5.80. The van der Waals surface area contributed by atoms with Gasteiger partial charge in [0.15, 0.2) is 0 Å². The van der Waals surface area contributed by atoms with Crippen LogP contribution in [0.15, 0.2) is 72.8 Å². The summed E-state index contributed by atoms with van der Waals surface area (Å²) in [7, 11) is 0. The fraction of sp³-hybridized carbons (Fsp3) is 0.167. The van der Waals surface area contributed by atoms with Gasteiger partial charge in [-0.15, -0.1) is 0 Å². The smallest absolute Gasteiger partial charge is 0.407 e. The molecule has 6 heteroatoms. The number of benzene rings is 3. The number of halogens is 1. The third-order valence-electron chi connectivity index (χ3n) is 5.30. The zero-order valence-electron chi connectivity index (χ0n) is 16.0. The molecule has 0 heterocycles. The summed E-state index contributed by atoms with van der Waals surface area (Å²) in [5.41, 5.74) is 4.46. The summed E-state index contributed by atoms with van der Waals surface area (Å²) in [5, 5.41) is 13.7. The van der Waals surface area contributed by atoms with Gasteiger partial charge in [-0.2, -0.15) is 0 Å². The van der Waals surface area contributed by atoms with E-state index in [9.17, 15) is 19.1 Å². The highest BCUT2D eigenvalue weighted by atomic mass is 19.1. The first-order chi connectivity index (χ1) is 14.5. The molecule has 152 valence electrons. The number of hydrogen-bond donors (Lipinski definition) is 1. The van der Waals surface area contributed by atoms with Gasteiger partial charge < -0.3 is 20.0 Å². The SMILES string of the molecule is O=C(NC(Cc1ccccc1F)C(=O)[O-])OCC1c2ccccc2-c2ccccc21. The van der Waals surface area contributed by atoms with E-state index >= 15 is 0 Å². The summed E-state index contributed by atoms with van der Waals surface area (Å²) in [6.07, 6.45) is -1.12. The van der Waals surface area contributed by atoms with Crippen LogP contribution in [0.25, 0.3) is 11.1 Å². The maximum atomic E-state index is 13.8. The van der Waals surface area contributed by atoms with Crippen LogP contribution >= 0.6 is 0 Å². The molecule has 1 aliphatic rings. The molecule has 0 saturated carbocycles. The average Bonchev–Trinajstić information content (AvgIpc) is 3.07. The van der Waals surface area contributed by atoms with Crippen LogP contribution in [-0.2, 0) is 16.0 Å². The Morgan fingerprint density at radius 1 is 0.933 bits per heavy atom. The van der Waals surface area contributed by atoms with Crippen molar-refractivity contribution >= 4 is 12.1 Å². The van der Waals surface area contributed by atoms with E-state index in [1.807, 2.05) is 48.5 Å². The Kier molecular flexibility index (Phi) is 5.48. The number of amides is 1. The van der Waals surface area contributed by atoms with E-state index in [1.165, 1.54) is 18.2 Å². The van der Waals surface area contributed by atoms with E-state index in [1.54, 1.807) is 6.07 Å². The van der Waals surface area contributed by atoms with Gasteiger partial charge in [0.1, 0.15) is 12.4 Å². The van der Waals surface area contributed by atoms with Crippen molar-refractivity contribution in [2.45, 2.75) is 18.4 Å². The predicted octanol–water partition coefficient (Wildman–Crippen LogP) is 3.03. The molecule has 0 aliphatic heterocycles. The molecule has 3 aromatic rings. The number of aliphatic carboxylic acids is 1. The lowest BCUT2D eigenvalue weighted by Crippen LogP contribution is -2.49. The van der Waals surface area contributed by atoms with E-state index in [0.717, 1.165) is 22.3 Å². The van der Waals surface area contributed by atoms with Gasteiger partial charge in [-0.1, -0.05) is 66.7 Å². The Hall–Kier alpha value is -3.67. The van der Waals surface area contributed by atoms with Crippen molar-refractivity contribution in [3.63, 3.8) is 0 Å². The Labute approximate surface area is 173 Å². The molecule has 1 unspecified atom stereocenters. The first-order valence-corrected chi connectivity index (χ1v) is 9.60. The zero-order chi connectivity index (χ0) is 21.1. The molecule has 0 bridgehead atoms. The van der Waals surface area contributed by atoms with Gasteiger partial charge in [-0.05, 0) is 33.9 Å². The Morgan fingerprint density at radius 3 is 2.10 bits per heavy atom. The predicted molar refractivity (Wildman–Crippen MR) is 107 cm³/mol. The minimum Gasteiger partial charge on any atom is -0.548 e. The second-order valence-electron chi connectivity index (χ2n) is 7.14. The van der Waals surface area contributed by atoms with Crippen LogP contribution in [0.3, 0.4) is 0 Å². The van der Waals surface area contributed by atoms with Crippen molar-refractivity contribution in [2.75, 3.05) is 6.61 Å². The number of alkyl carbamates (subject to hydrolysis) is 1. The largest absolute Gasteiger partial charge is 0.548 e. The van der Waals surface area contributed by atoms with Crippen molar-refractivity contribution in [2.24, 2.45) is 0 Å². The van der Waals surface area contributed by atoms with E-state index in [-0.39, 0.29) is 24.5 Å². The van der Waals surface area contributed by atoms with Crippen LogP contribution in [0.2, 0.25) is 0 Å². The summed E-state index contributed by atoms with van der Waals surface area (Å²) < 4.78 is 19.2. The molecule has 0 saturated heterocycles. The van der Waals surface area contributed by atoms with Gasteiger partial charge in [-0.3, -0.25) is 0 Å². The number of fused-ring (bicyclic) bond motifs is 3. The second kappa shape index (κ2) is 8.37. The topological polar surface area (TPSA) is 78.5 Å². The van der Waals surface area contributed by atoms with Crippen molar-refractivity contribution in [1.29, 1.82) is 0 Å². The van der Waals surface area contributed by atoms with E-state index < -0.39 is 23.9 Å². The van der Waals surface area contributed by atoms with Crippen molar-refractivity contribution < 1.29 is 23.8 Å². The van der Waals surface area contributed by atoms with E-state index in [2.05, 4.69) is 5.32 Å². The minimum absolute atomic E-state index is 0.0549. The number of carboxylic acid groups (broad SMARTS) is 1. The maximum Gasteiger partial charge on any atom is 0.407 e. The maximum absolute atomic E-state index is 13.8. The number of nitrogens with one attached hydrogen (secondary N) is 1. The van der Waals surface area contributed by atoms with Crippen LogP contribution < -0.4 is 10.4 Å². The zero-order valence-corrected chi connectivity index (χ0v) is 16.0. The third-order valence-corrected chi connectivity index (χ3v) is 5.30. The number of carboxylic acids is 1. The quantitative estimate of drug-likeness (QED) is 0.685. The fourth-order valence-electron chi connectivity index (χ4n) is 3.86. The lowest BCUT2D eigenvalue weighted by atomic mass is 9.98. The molecule has 0 aromatic heterocycles. The van der Waals surface area contributed by atoms with Gasteiger partial charge in [0.2, 0.25) is 0 Å². The summed E-state index contributed by atoms with van der Waals surface area (Å²) in [6.45, 7) is 0.0549. The molecular weight excluding hydrogens is 385 g/mol. The van der Waals surface area contributed by atoms with Gasteiger partial charge in [0, 0.05) is 12.3 Å². The summed E-state index contributed by atoms with van der Waals surface area (Å²) in [6, 6.07) is 20.2. The summed E-state index contributed by atoms with van der Waals surface area (Å²) in [5.74, 6) is -2.19. The molecule has 5 nitrogen and oxygen atoms in total. The summed E-state index contributed by atoms with van der Waals surface area (Å²) in [4.78, 5) is 23.7. The average molecular weight is 404 g/mol. The van der Waals surface area contributed by atoms with Crippen LogP contribution in [0.4, 0.5) is 9.18 Å². The third kappa shape index (κ3) is 3.89. The molecular formula is C24H19FNO4-. The van der Waals surface area contributed by atoms with Crippen LogP contribution in [-0.4, -0.2) is 24.7 Å². The summed E-state index contributed by atoms with van der Waals surface area (Å²) >= 11 is 0. The van der Waals surface area contributed by atoms with Crippen molar-refractivity contribution in [3.05, 3.63) is 95.3 Å². The Morgan fingerprint density at radius 2 is 1.50 bits per heavy atom. The number of carbonyl (C=O) groups excluding carboxylic acids is 2. The molecule has 0 spiro atoms. The first kappa shape index (κ1) is 19.6.